The Labute approximate surface area is 155 Å². The summed E-state index contributed by atoms with van der Waals surface area (Å²) in [6, 6.07) is 0. The maximum atomic E-state index is 12.6. The average Bonchev–Trinajstić information content (AvgIpc) is 3.00. The van der Waals surface area contributed by atoms with Crippen LogP contribution in [-0.4, -0.2) is 63.6 Å². The maximum Gasteiger partial charge on any atom is 0.304 e. The number of aryl methyl sites for hydroxylation is 2. The molecule has 26 heavy (non-hydrogen) atoms. The molecule has 0 radical (unpaired) electrons. The monoisotopic (exact) mass is 376 g/mol. The van der Waals surface area contributed by atoms with Crippen LogP contribution in [0.4, 0.5) is 0 Å². The number of hydrogen-bond donors (Lipinski definition) is 2. The number of hydrogen-bond acceptors (Lipinski definition) is 6. The second-order valence-corrected chi connectivity index (χ2v) is 8.25. The minimum absolute atomic E-state index is 0.00416. The van der Waals surface area contributed by atoms with Gasteiger partial charge in [0.1, 0.15) is 10.7 Å². The summed E-state index contributed by atoms with van der Waals surface area (Å²) in [5, 5.41) is 9.60. The topological polar surface area (TPSA) is 89.5 Å². The number of aliphatic carboxylic acids is 1. The second kappa shape index (κ2) is 7.46. The predicted octanol–water partition coefficient (Wildman–Crippen LogP) is 1.46. The average molecular weight is 376 g/mol. The lowest BCUT2D eigenvalue weighted by atomic mass is 9.97. The largest absolute Gasteiger partial charge is 0.481 e. The highest BCUT2D eigenvalue weighted by atomic mass is 32.1. The number of nitrogens with one attached hydrogen (secondary N) is 1. The van der Waals surface area contributed by atoms with Crippen molar-refractivity contribution in [3.8, 4) is 0 Å². The molecule has 1 aliphatic heterocycles. The summed E-state index contributed by atoms with van der Waals surface area (Å²) >= 11 is 1.69. The summed E-state index contributed by atoms with van der Waals surface area (Å²) in [4.78, 5) is 37.7. The minimum atomic E-state index is -0.749. The minimum Gasteiger partial charge on any atom is -0.481 e. The highest BCUT2D eigenvalue weighted by Gasteiger charge is 2.21. The van der Waals surface area contributed by atoms with Gasteiger partial charge in [0, 0.05) is 37.6 Å². The van der Waals surface area contributed by atoms with Crippen LogP contribution < -0.4 is 5.56 Å². The molecule has 1 aliphatic carbocycles. The molecule has 0 spiro atoms. The quantitative estimate of drug-likeness (QED) is 0.821. The van der Waals surface area contributed by atoms with E-state index in [1.807, 2.05) is 0 Å². The van der Waals surface area contributed by atoms with E-state index in [1.54, 1.807) is 11.3 Å². The molecule has 0 saturated carbocycles. The van der Waals surface area contributed by atoms with Gasteiger partial charge in [-0.1, -0.05) is 0 Å². The van der Waals surface area contributed by atoms with E-state index in [2.05, 4.69) is 14.8 Å². The Balaban J connectivity index is 1.44. The number of thiophene rings is 1. The molecule has 2 N–H and O–H groups in total. The molecule has 0 unspecified atom stereocenters. The van der Waals surface area contributed by atoms with E-state index in [1.165, 1.54) is 16.9 Å². The Bertz CT molecular complexity index is 867. The fourth-order valence-corrected chi connectivity index (χ4v) is 5.20. The van der Waals surface area contributed by atoms with Crippen LogP contribution in [0.3, 0.4) is 0 Å². The van der Waals surface area contributed by atoms with Gasteiger partial charge in [0.15, 0.2) is 0 Å². The molecule has 140 valence electrons. The number of H-pyrrole nitrogens is 1. The molecule has 7 nitrogen and oxygen atoms in total. The van der Waals surface area contributed by atoms with E-state index in [0.29, 0.717) is 13.1 Å². The lowest BCUT2D eigenvalue weighted by Gasteiger charge is -2.34. The van der Waals surface area contributed by atoms with E-state index in [0.717, 1.165) is 61.5 Å². The first-order valence-corrected chi connectivity index (χ1v) is 10.1. The fourth-order valence-electron chi connectivity index (χ4n) is 3.92. The third-order valence-corrected chi connectivity index (χ3v) is 6.54. The molecule has 0 bridgehead atoms. The molecule has 1 saturated heterocycles. The number of aromatic nitrogens is 2. The second-order valence-electron chi connectivity index (χ2n) is 7.17. The number of carboxylic acids is 1. The van der Waals surface area contributed by atoms with E-state index in [9.17, 15) is 9.59 Å². The van der Waals surface area contributed by atoms with Crippen molar-refractivity contribution in [2.24, 2.45) is 0 Å². The summed E-state index contributed by atoms with van der Waals surface area (Å²) in [5.41, 5.74) is 1.23. The molecule has 4 rings (SSSR count). The molecule has 1 fully saturated rings. The normalized spacial score (nSPS) is 18.9. The van der Waals surface area contributed by atoms with Gasteiger partial charge in [-0.15, -0.1) is 11.3 Å². The zero-order chi connectivity index (χ0) is 18.1. The van der Waals surface area contributed by atoms with Gasteiger partial charge >= 0.3 is 5.97 Å². The molecule has 0 aromatic carbocycles. The highest BCUT2D eigenvalue weighted by molar-refractivity contribution is 7.18. The molecule has 3 heterocycles. The van der Waals surface area contributed by atoms with Crippen LogP contribution in [0, 0.1) is 0 Å². The van der Waals surface area contributed by atoms with Crippen LogP contribution in [0.25, 0.3) is 10.2 Å². The van der Waals surface area contributed by atoms with E-state index in [4.69, 9.17) is 10.1 Å². The van der Waals surface area contributed by atoms with Gasteiger partial charge < -0.3 is 15.0 Å². The first-order chi connectivity index (χ1) is 12.6. The van der Waals surface area contributed by atoms with Crippen molar-refractivity contribution in [1.29, 1.82) is 0 Å². The third-order valence-electron chi connectivity index (χ3n) is 5.35. The molecule has 2 aliphatic rings. The van der Waals surface area contributed by atoms with Gasteiger partial charge in [0.2, 0.25) is 0 Å². The molecule has 8 heteroatoms. The number of rotatable bonds is 5. The van der Waals surface area contributed by atoms with Crippen molar-refractivity contribution < 1.29 is 9.90 Å². The van der Waals surface area contributed by atoms with Crippen LogP contribution in [0.1, 0.15) is 35.5 Å². The molecule has 2 aromatic heterocycles. The SMILES string of the molecule is O=C(O)CCN1CCN(Cc2nc3sc4c(c3c(=O)[nH]2)CCCC4)CC1. The maximum absolute atomic E-state index is 12.6. The lowest BCUT2D eigenvalue weighted by Crippen LogP contribution is -2.46. The molecular formula is C18H24N4O3S. The molecule has 0 amide bonds. The van der Waals surface area contributed by atoms with Crippen molar-refractivity contribution >= 4 is 27.5 Å². The lowest BCUT2D eigenvalue weighted by molar-refractivity contribution is -0.137. The van der Waals surface area contributed by atoms with Crippen LogP contribution >= 0.6 is 11.3 Å². The first-order valence-electron chi connectivity index (χ1n) is 9.30. The number of carbonyl (C=O) groups is 1. The summed E-state index contributed by atoms with van der Waals surface area (Å²) in [5.74, 6) is -0.0127. The first kappa shape index (κ1) is 17.6. The fraction of sp³-hybridized carbons (Fsp3) is 0.611. The van der Waals surface area contributed by atoms with Crippen molar-refractivity contribution in [2.75, 3.05) is 32.7 Å². The van der Waals surface area contributed by atoms with Crippen molar-refractivity contribution in [3.05, 3.63) is 26.6 Å². The zero-order valence-corrected chi connectivity index (χ0v) is 15.6. The van der Waals surface area contributed by atoms with Crippen molar-refractivity contribution in [2.45, 2.75) is 38.6 Å². The zero-order valence-electron chi connectivity index (χ0n) is 14.8. The Morgan fingerprint density at radius 2 is 1.88 bits per heavy atom. The Morgan fingerprint density at radius 1 is 1.15 bits per heavy atom. The van der Waals surface area contributed by atoms with Gasteiger partial charge in [-0.25, -0.2) is 4.98 Å². The summed E-state index contributed by atoms with van der Waals surface area (Å²) in [6.45, 7) is 4.68. The number of nitrogens with zero attached hydrogens (tertiary/aromatic N) is 3. The van der Waals surface area contributed by atoms with Crippen LogP contribution in [0.2, 0.25) is 0 Å². The molecule has 2 aromatic rings. The van der Waals surface area contributed by atoms with E-state index in [-0.39, 0.29) is 12.0 Å². The van der Waals surface area contributed by atoms with E-state index < -0.39 is 5.97 Å². The van der Waals surface area contributed by atoms with Gasteiger partial charge in [0.05, 0.1) is 18.4 Å². The van der Waals surface area contributed by atoms with E-state index >= 15 is 0 Å². The summed E-state index contributed by atoms with van der Waals surface area (Å²) in [7, 11) is 0. The standard InChI is InChI=1S/C18H24N4O3S/c23-15(24)5-6-21-7-9-22(10-8-21)11-14-19-17(25)16-12-3-1-2-4-13(12)26-18(16)20-14/h1-11H2,(H,23,24)(H,19,20,25). The Hall–Kier alpha value is -1.77. The van der Waals surface area contributed by atoms with Gasteiger partial charge in [-0.2, -0.15) is 0 Å². The van der Waals surface area contributed by atoms with Gasteiger partial charge in [-0.3, -0.25) is 14.5 Å². The van der Waals surface area contributed by atoms with Crippen molar-refractivity contribution in [1.82, 2.24) is 19.8 Å². The van der Waals surface area contributed by atoms with Gasteiger partial charge in [0.25, 0.3) is 5.56 Å². The summed E-state index contributed by atoms with van der Waals surface area (Å²) < 4.78 is 0. The molecule has 0 atom stereocenters. The molecular weight excluding hydrogens is 352 g/mol. The smallest absolute Gasteiger partial charge is 0.304 e. The Morgan fingerprint density at radius 3 is 2.65 bits per heavy atom. The summed E-state index contributed by atoms with van der Waals surface area (Å²) in [6.07, 6.45) is 4.62. The van der Waals surface area contributed by atoms with Gasteiger partial charge in [-0.05, 0) is 31.2 Å². The number of piperazine rings is 1. The highest BCUT2D eigenvalue weighted by Crippen LogP contribution is 2.33. The van der Waals surface area contributed by atoms with Crippen LogP contribution in [0.5, 0.6) is 0 Å². The van der Waals surface area contributed by atoms with Crippen LogP contribution in [-0.2, 0) is 24.2 Å². The number of fused-ring (bicyclic) bond motifs is 3. The number of aromatic amines is 1. The number of carboxylic acid groups (broad SMARTS) is 1. The van der Waals surface area contributed by atoms with Crippen molar-refractivity contribution in [3.63, 3.8) is 0 Å². The Kier molecular flexibility index (Phi) is 5.06. The van der Waals surface area contributed by atoms with Crippen LogP contribution in [0.15, 0.2) is 4.79 Å². The third kappa shape index (κ3) is 3.67. The predicted molar refractivity (Wildman–Crippen MR) is 101 cm³/mol.